The largest absolute Gasteiger partial charge is 0.331 e. The van der Waals surface area contributed by atoms with Crippen LogP contribution in [0, 0.1) is 0 Å². The van der Waals surface area contributed by atoms with Gasteiger partial charge < -0.3 is 10.2 Å². The number of nitrogens with zero attached hydrogens (tertiary/aromatic N) is 4. The molecule has 3 rings (SSSR count). The Hall–Kier alpha value is -3.48. The topological polar surface area (TPSA) is 80.1 Å². The first-order valence-electron chi connectivity index (χ1n) is 9.14. The summed E-state index contributed by atoms with van der Waals surface area (Å²) in [4.78, 5) is 26.2. The van der Waals surface area contributed by atoms with Crippen LogP contribution < -0.4 is 5.32 Å². The summed E-state index contributed by atoms with van der Waals surface area (Å²) in [6.07, 6.45) is 2.41. The molecule has 1 aromatic heterocycles. The van der Waals surface area contributed by atoms with Crippen molar-refractivity contribution in [3.05, 3.63) is 77.6 Å². The molecule has 0 atom stereocenters. The summed E-state index contributed by atoms with van der Waals surface area (Å²) in [7, 11) is 1.57. The summed E-state index contributed by atoms with van der Waals surface area (Å²) in [6.45, 7) is 2.49. The van der Waals surface area contributed by atoms with Crippen molar-refractivity contribution in [2.75, 3.05) is 18.9 Å². The van der Waals surface area contributed by atoms with Gasteiger partial charge in [-0.3, -0.25) is 9.59 Å². The normalized spacial score (nSPS) is 10.5. The Morgan fingerprint density at radius 1 is 1.07 bits per heavy atom. The number of rotatable bonds is 7. The van der Waals surface area contributed by atoms with E-state index in [4.69, 9.17) is 0 Å². The van der Waals surface area contributed by atoms with Crippen molar-refractivity contribution in [2.45, 2.75) is 19.9 Å². The number of amides is 2. The molecule has 0 aliphatic carbocycles. The molecule has 0 radical (unpaired) electrons. The molecule has 0 spiro atoms. The van der Waals surface area contributed by atoms with Crippen LogP contribution in [-0.2, 0) is 17.8 Å². The van der Waals surface area contributed by atoms with Gasteiger partial charge in [-0.2, -0.15) is 0 Å². The zero-order valence-electron chi connectivity index (χ0n) is 16.0. The summed E-state index contributed by atoms with van der Waals surface area (Å²) < 4.78 is 1.61. The molecule has 0 aliphatic rings. The van der Waals surface area contributed by atoms with Crippen molar-refractivity contribution < 1.29 is 9.59 Å². The highest BCUT2D eigenvalue weighted by molar-refractivity contribution is 5.98. The molecule has 2 amide bonds. The second-order valence-electron chi connectivity index (χ2n) is 6.51. The van der Waals surface area contributed by atoms with Crippen LogP contribution >= 0.6 is 0 Å². The molecule has 7 nitrogen and oxygen atoms in total. The maximum Gasteiger partial charge on any atom is 0.276 e. The van der Waals surface area contributed by atoms with E-state index in [1.54, 1.807) is 17.9 Å². The summed E-state index contributed by atoms with van der Waals surface area (Å²) in [5.41, 5.74) is 3.09. The molecule has 1 heterocycles. The molecule has 144 valence electrons. The highest BCUT2D eigenvalue weighted by Gasteiger charge is 2.18. The van der Waals surface area contributed by atoms with E-state index >= 15 is 0 Å². The Balaban J connectivity index is 1.59. The quantitative estimate of drug-likeness (QED) is 0.686. The molecule has 28 heavy (non-hydrogen) atoms. The highest BCUT2D eigenvalue weighted by Crippen LogP contribution is 2.15. The lowest BCUT2D eigenvalue weighted by Crippen LogP contribution is -2.35. The highest BCUT2D eigenvalue weighted by atomic mass is 16.2. The number of carbonyl (C=O) groups is 2. The van der Waals surface area contributed by atoms with Crippen molar-refractivity contribution in [1.82, 2.24) is 19.9 Å². The van der Waals surface area contributed by atoms with Crippen LogP contribution in [-0.4, -0.2) is 45.3 Å². The van der Waals surface area contributed by atoms with Gasteiger partial charge in [-0.15, -0.1) is 5.10 Å². The molecule has 0 unspecified atom stereocenters. The summed E-state index contributed by atoms with van der Waals surface area (Å²) >= 11 is 0. The van der Waals surface area contributed by atoms with Crippen molar-refractivity contribution in [3.8, 4) is 0 Å². The fourth-order valence-electron chi connectivity index (χ4n) is 2.87. The Morgan fingerprint density at radius 2 is 1.79 bits per heavy atom. The van der Waals surface area contributed by atoms with E-state index in [1.165, 1.54) is 4.90 Å². The molecular formula is C21H23N5O2. The number of para-hydroxylation sites is 1. The third kappa shape index (κ3) is 4.82. The number of benzene rings is 2. The molecule has 2 aromatic carbocycles. The number of anilines is 1. The van der Waals surface area contributed by atoms with E-state index in [2.05, 4.69) is 15.6 Å². The van der Waals surface area contributed by atoms with Gasteiger partial charge in [-0.25, -0.2) is 4.68 Å². The monoisotopic (exact) mass is 377 g/mol. The lowest BCUT2D eigenvalue weighted by molar-refractivity contribution is -0.116. The number of likely N-dealkylation sites (N-methyl/N-ethyl adjacent to an activating group) is 1. The van der Waals surface area contributed by atoms with Crippen LogP contribution in [0.5, 0.6) is 0 Å². The predicted octanol–water partition coefficient (Wildman–Crippen LogP) is 2.60. The first-order valence-corrected chi connectivity index (χ1v) is 9.14. The maximum absolute atomic E-state index is 12.6. The summed E-state index contributed by atoms with van der Waals surface area (Å²) in [6, 6.07) is 17.4. The molecule has 0 fully saturated rings. The number of aryl methyl sites for hydroxylation is 1. The molecule has 1 N–H and O–H groups in total. The third-order valence-corrected chi connectivity index (χ3v) is 4.34. The minimum atomic E-state index is -0.349. The maximum atomic E-state index is 12.6. The second kappa shape index (κ2) is 8.94. The van der Waals surface area contributed by atoms with Crippen molar-refractivity contribution in [3.63, 3.8) is 0 Å². The van der Waals surface area contributed by atoms with Gasteiger partial charge in [0.2, 0.25) is 5.91 Å². The number of nitrogens with one attached hydrogen (secondary N) is 1. The SMILES string of the molecule is CCc1ccccc1NC(=O)CN(C)C(=O)c1cn(Cc2ccccc2)nn1. The van der Waals surface area contributed by atoms with Crippen LogP contribution in [0.4, 0.5) is 5.69 Å². The van der Waals surface area contributed by atoms with Crippen LogP contribution in [0.1, 0.15) is 28.5 Å². The van der Waals surface area contributed by atoms with Gasteiger partial charge in [0.25, 0.3) is 5.91 Å². The number of carbonyl (C=O) groups excluding carboxylic acids is 2. The van der Waals surface area contributed by atoms with Gasteiger partial charge in [0.15, 0.2) is 5.69 Å². The molecule has 3 aromatic rings. The fourth-order valence-corrected chi connectivity index (χ4v) is 2.87. The number of aromatic nitrogens is 3. The van der Waals surface area contributed by atoms with Gasteiger partial charge in [0, 0.05) is 12.7 Å². The van der Waals surface area contributed by atoms with E-state index in [-0.39, 0.29) is 24.1 Å². The molecule has 0 saturated carbocycles. The lowest BCUT2D eigenvalue weighted by atomic mass is 10.1. The lowest BCUT2D eigenvalue weighted by Gasteiger charge is -2.16. The number of hydrogen-bond donors (Lipinski definition) is 1. The van der Waals surface area contributed by atoms with Crippen molar-refractivity contribution in [2.24, 2.45) is 0 Å². The molecule has 7 heteroatoms. The Bertz CT molecular complexity index is 952. The van der Waals surface area contributed by atoms with Gasteiger partial charge >= 0.3 is 0 Å². The zero-order valence-corrected chi connectivity index (χ0v) is 16.0. The Morgan fingerprint density at radius 3 is 2.54 bits per heavy atom. The molecule has 0 saturated heterocycles. The van der Waals surface area contributed by atoms with Gasteiger partial charge in [0.05, 0.1) is 19.3 Å². The Kier molecular flexibility index (Phi) is 6.16. The van der Waals surface area contributed by atoms with E-state index in [0.29, 0.717) is 6.54 Å². The zero-order chi connectivity index (χ0) is 19.9. The third-order valence-electron chi connectivity index (χ3n) is 4.34. The number of hydrogen-bond acceptors (Lipinski definition) is 4. The van der Waals surface area contributed by atoms with E-state index in [9.17, 15) is 9.59 Å². The first-order chi connectivity index (χ1) is 13.6. The Labute approximate surface area is 164 Å². The van der Waals surface area contributed by atoms with E-state index in [0.717, 1.165) is 23.2 Å². The first kappa shape index (κ1) is 19.3. The molecule has 0 aliphatic heterocycles. The van der Waals surface area contributed by atoms with Crippen LogP contribution in [0.3, 0.4) is 0 Å². The average molecular weight is 377 g/mol. The van der Waals surface area contributed by atoms with Crippen molar-refractivity contribution >= 4 is 17.5 Å². The summed E-state index contributed by atoms with van der Waals surface area (Å²) in [5, 5.41) is 10.8. The van der Waals surface area contributed by atoms with Crippen LogP contribution in [0.15, 0.2) is 60.8 Å². The minimum absolute atomic E-state index is 0.0670. The molecule has 0 bridgehead atoms. The van der Waals surface area contributed by atoms with Gasteiger partial charge in [0.1, 0.15) is 0 Å². The smallest absolute Gasteiger partial charge is 0.276 e. The molecular weight excluding hydrogens is 354 g/mol. The standard InChI is InChI=1S/C21H23N5O2/c1-3-17-11-7-8-12-18(17)22-20(27)15-25(2)21(28)19-14-26(24-23-19)13-16-9-5-4-6-10-16/h4-12,14H,3,13,15H2,1-2H3,(H,22,27). The minimum Gasteiger partial charge on any atom is -0.331 e. The van der Waals surface area contributed by atoms with Crippen LogP contribution in [0.2, 0.25) is 0 Å². The van der Waals surface area contributed by atoms with Gasteiger partial charge in [-0.05, 0) is 23.6 Å². The second-order valence-corrected chi connectivity index (χ2v) is 6.51. The van der Waals surface area contributed by atoms with Crippen LogP contribution in [0.25, 0.3) is 0 Å². The average Bonchev–Trinajstić information content (AvgIpc) is 3.16. The fraction of sp³-hybridized carbons (Fsp3) is 0.238. The summed E-state index contributed by atoms with van der Waals surface area (Å²) in [5.74, 6) is -0.605. The van der Waals surface area contributed by atoms with Crippen molar-refractivity contribution in [1.29, 1.82) is 0 Å². The van der Waals surface area contributed by atoms with Gasteiger partial charge in [-0.1, -0.05) is 60.7 Å². The predicted molar refractivity (Wildman–Crippen MR) is 107 cm³/mol. The van der Waals surface area contributed by atoms with E-state index < -0.39 is 0 Å². The van der Waals surface area contributed by atoms with E-state index in [1.807, 2.05) is 61.5 Å².